The van der Waals surface area contributed by atoms with Crippen molar-refractivity contribution in [3.05, 3.63) is 30.0 Å². The molecule has 0 spiro atoms. The standard InChI is InChI=1S/C29H41N3O6/c1-19(2)18-32-25(22-12-11-21(36-3)16-27(22)37-4)17-24(31-32)29(35)30-23(15-20-9-7-6-8-10-20)26(33)13-14-28(34)38-5/h11-12,16-17,19-20,23H,6-10,13-15,18H2,1-5H3,(H,30,35)/t23-/m0/s1. The van der Waals surface area contributed by atoms with Gasteiger partial charge in [-0.15, -0.1) is 0 Å². The number of carbonyl (C=O) groups is 3. The number of benzene rings is 1. The van der Waals surface area contributed by atoms with Crippen LogP contribution in [0.1, 0.15) is 75.7 Å². The molecule has 0 unspecified atom stereocenters. The van der Waals surface area contributed by atoms with Crippen molar-refractivity contribution in [1.29, 1.82) is 0 Å². The van der Waals surface area contributed by atoms with Crippen LogP contribution in [0.3, 0.4) is 0 Å². The van der Waals surface area contributed by atoms with Crippen molar-refractivity contribution in [2.24, 2.45) is 11.8 Å². The minimum atomic E-state index is -0.676. The number of esters is 1. The Kier molecular flexibility index (Phi) is 10.7. The number of rotatable bonds is 13. The van der Waals surface area contributed by atoms with Crippen LogP contribution in [0, 0.1) is 11.8 Å². The van der Waals surface area contributed by atoms with Gasteiger partial charge >= 0.3 is 5.97 Å². The van der Waals surface area contributed by atoms with Gasteiger partial charge in [-0.3, -0.25) is 19.1 Å². The minimum absolute atomic E-state index is 0.00318. The molecule has 1 aromatic heterocycles. The number of Topliss-reactive ketones (excluding diaryl/α,β-unsaturated/α-hetero) is 1. The van der Waals surface area contributed by atoms with Crippen molar-refractivity contribution < 1.29 is 28.6 Å². The molecule has 0 radical (unpaired) electrons. The number of hydrogen-bond acceptors (Lipinski definition) is 7. The number of amides is 1. The van der Waals surface area contributed by atoms with Crippen molar-refractivity contribution >= 4 is 17.7 Å². The quantitative estimate of drug-likeness (QED) is 0.372. The van der Waals surface area contributed by atoms with Gasteiger partial charge in [0.25, 0.3) is 5.91 Å². The Bertz CT molecular complexity index is 1100. The maximum atomic E-state index is 13.5. The van der Waals surface area contributed by atoms with Crippen LogP contribution in [0.4, 0.5) is 0 Å². The summed E-state index contributed by atoms with van der Waals surface area (Å²) in [4.78, 5) is 38.2. The molecule has 1 N–H and O–H groups in total. The fraction of sp³-hybridized carbons (Fsp3) is 0.586. The van der Waals surface area contributed by atoms with E-state index in [4.69, 9.17) is 14.2 Å². The molecule has 38 heavy (non-hydrogen) atoms. The molecule has 1 aromatic carbocycles. The fourth-order valence-corrected chi connectivity index (χ4v) is 5.00. The Morgan fingerprint density at radius 3 is 2.39 bits per heavy atom. The van der Waals surface area contributed by atoms with Crippen molar-refractivity contribution in [3.63, 3.8) is 0 Å². The SMILES string of the molecule is COC(=O)CCC(=O)[C@H](CC1CCCCC1)NC(=O)c1cc(-c2ccc(OC)cc2OC)n(CC(C)C)n1. The predicted molar refractivity (Wildman–Crippen MR) is 144 cm³/mol. The second kappa shape index (κ2) is 14.0. The molecule has 1 atom stereocenters. The Labute approximate surface area is 225 Å². The summed E-state index contributed by atoms with van der Waals surface area (Å²) in [6, 6.07) is 6.57. The molecule has 1 heterocycles. The topological polar surface area (TPSA) is 109 Å². The van der Waals surface area contributed by atoms with E-state index in [0.29, 0.717) is 30.4 Å². The van der Waals surface area contributed by atoms with Crippen LogP contribution < -0.4 is 14.8 Å². The number of ketones is 1. The number of ether oxygens (including phenoxy) is 3. The molecule has 1 amide bonds. The number of hydrogen-bond donors (Lipinski definition) is 1. The zero-order valence-electron chi connectivity index (χ0n) is 23.2. The van der Waals surface area contributed by atoms with Crippen molar-refractivity contribution in [1.82, 2.24) is 15.1 Å². The summed E-state index contributed by atoms with van der Waals surface area (Å²) in [5.74, 6) is 0.915. The third-order valence-corrected chi connectivity index (χ3v) is 7.03. The van der Waals surface area contributed by atoms with Gasteiger partial charge in [0.2, 0.25) is 0 Å². The molecule has 1 aliphatic rings. The third kappa shape index (κ3) is 7.82. The van der Waals surface area contributed by atoms with E-state index in [9.17, 15) is 14.4 Å². The van der Waals surface area contributed by atoms with Gasteiger partial charge in [0.15, 0.2) is 11.5 Å². The first kappa shape index (κ1) is 29.2. The van der Waals surface area contributed by atoms with Gasteiger partial charge in [-0.2, -0.15) is 5.10 Å². The van der Waals surface area contributed by atoms with Gasteiger partial charge in [0.1, 0.15) is 11.5 Å². The zero-order valence-corrected chi connectivity index (χ0v) is 23.2. The highest BCUT2D eigenvalue weighted by Crippen LogP contribution is 2.34. The molecule has 9 nitrogen and oxygen atoms in total. The molecule has 0 saturated heterocycles. The molecule has 208 valence electrons. The van der Waals surface area contributed by atoms with Crippen LogP contribution in [0.5, 0.6) is 11.5 Å². The van der Waals surface area contributed by atoms with Crippen molar-refractivity contribution in [3.8, 4) is 22.8 Å². The second-order valence-corrected chi connectivity index (χ2v) is 10.4. The summed E-state index contributed by atoms with van der Waals surface area (Å²) >= 11 is 0. The summed E-state index contributed by atoms with van der Waals surface area (Å²) in [5.41, 5.74) is 1.76. The van der Waals surface area contributed by atoms with Gasteiger partial charge in [-0.1, -0.05) is 46.0 Å². The maximum absolute atomic E-state index is 13.5. The van der Waals surface area contributed by atoms with E-state index in [1.807, 2.05) is 12.1 Å². The van der Waals surface area contributed by atoms with E-state index in [1.165, 1.54) is 13.5 Å². The van der Waals surface area contributed by atoms with E-state index in [0.717, 1.165) is 36.9 Å². The summed E-state index contributed by atoms with van der Waals surface area (Å²) in [7, 11) is 4.48. The first-order valence-electron chi connectivity index (χ1n) is 13.5. The van der Waals surface area contributed by atoms with Gasteiger partial charge in [0, 0.05) is 24.6 Å². The Morgan fingerprint density at radius 2 is 1.76 bits per heavy atom. The zero-order chi connectivity index (χ0) is 27.7. The maximum Gasteiger partial charge on any atom is 0.305 e. The molecular formula is C29H41N3O6. The van der Waals surface area contributed by atoms with E-state index in [1.54, 1.807) is 31.0 Å². The largest absolute Gasteiger partial charge is 0.497 e. The Balaban J connectivity index is 1.88. The average molecular weight is 528 g/mol. The fourth-order valence-electron chi connectivity index (χ4n) is 5.00. The third-order valence-electron chi connectivity index (χ3n) is 7.03. The Morgan fingerprint density at radius 1 is 1.03 bits per heavy atom. The normalized spacial score (nSPS) is 14.7. The number of carbonyl (C=O) groups excluding carboxylic acids is 3. The lowest BCUT2D eigenvalue weighted by Crippen LogP contribution is -2.42. The molecule has 9 heteroatoms. The van der Waals surface area contributed by atoms with Crippen LogP contribution in [-0.4, -0.2) is 54.8 Å². The first-order valence-corrected chi connectivity index (χ1v) is 13.5. The predicted octanol–water partition coefficient (Wildman–Crippen LogP) is 4.81. The Hall–Kier alpha value is -3.36. The van der Waals surface area contributed by atoms with Crippen molar-refractivity contribution in [2.45, 2.75) is 77.8 Å². The van der Waals surface area contributed by atoms with Crippen LogP contribution in [-0.2, 0) is 20.9 Å². The summed E-state index contributed by atoms with van der Waals surface area (Å²) < 4.78 is 17.4. The van der Waals surface area contributed by atoms with Crippen molar-refractivity contribution in [2.75, 3.05) is 21.3 Å². The summed E-state index contributed by atoms with van der Waals surface area (Å²) in [6.07, 6.45) is 6.15. The smallest absolute Gasteiger partial charge is 0.305 e. The summed E-state index contributed by atoms with van der Waals surface area (Å²) in [6.45, 7) is 4.76. The van der Waals surface area contributed by atoms with Gasteiger partial charge in [-0.05, 0) is 36.5 Å². The highest BCUT2D eigenvalue weighted by Gasteiger charge is 2.28. The molecule has 1 aliphatic carbocycles. The van der Waals surface area contributed by atoms with Crippen LogP contribution >= 0.6 is 0 Å². The highest BCUT2D eigenvalue weighted by molar-refractivity contribution is 5.98. The molecule has 3 rings (SSSR count). The first-order chi connectivity index (χ1) is 18.2. The van der Waals surface area contributed by atoms with E-state index < -0.39 is 17.9 Å². The number of aromatic nitrogens is 2. The highest BCUT2D eigenvalue weighted by atomic mass is 16.5. The average Bonchev–Trinajstić information content (AvgIpc) is 3.34. The molecule has 2 aromatic rings. The summed E-state index contributed by atoms with van der Waals surface area (Å²) in [5, 5.41) is 7.57. The van der Waals surface area contributed by atoms with Crippen LogP contribution in [0.15, 0.2) is 24.3 Å². The number of nitrogens with one attached hydrogen (secondary N) is 1. The molecule has 1 fully saturated rings. The van der Waals surface area contributed by atoms with Crippen LogP contribution in [0.2, 0.25) is 0 Å². The second-order valence-electron chi connectivity index (χ2n) is 10.4. The molecular weight excluding hydrogens is 486 g/mol. The van der Waals surface area contributed by atoms with Gasteiger partial charge in [0.05, 0.1) is 39.5 Å². The monoisotopic (exact) mass is 527 g/mol. The molecule has 1 saturated carbocycles. The van der Waals surface area contributed by atoms with Gasteiger partial charge in [-0.25, -0.2) is 0 Å². The number of nitrogens with zero attached hydrogens (tertiary/aromatic N) is 2. The van der Waals surface area contributed by atoms with Gasteiger partial charge < -0.3 is 19.5 Å². The lowest BCUT2D eigenvalue weighted by atomic mass is 9.83. The van der Waals surface area contributed by atoms with Crippen LogP contribution in [0.25, 0.3) is 11.3 Å². The van der Waals surface area contributed by atoms with E-state index in [2.05, 4.69) is 24.3 Å². The molecule has 0 aliphatic heterocycles. The lowest BCUT2D eigenvalue weighted by Gasteiger charge is -2.26. The number of methoxy groups -OCH3 is 3. The van der Waals surface area contributed by atoms with E-state index in [-0.39, 0.29) is 30.2 Å². The van der Waals surface area contributed by atoms with E-state index >= 15 is 0 Å². The lowest BCUT2D eigenvalue weighted by molar-refractivity contribution is -0.142. The molecule has 0 bridgehead atoms. The minimum Gasteiger partial charge on any atom is -0.497 e.